The number of hydrogen-bond donors (Lipinski definition) is 2. The molecule has 0 bridgehead atoms. The van der Waals surface area contributed by atoms with Crippen molar-refractivity contribution in [3.63, 3.8) is 0 Å². The van der Waals surface area contributed by atoms with Gasteiger partial charge in [-0.1, -0.05) is 6.07 Å². The quantitative estimate of drug-likeness (QED) is 0.700. The Labute approximate surface area is 156 Å². The third-order valence-electron chi connectivity index (χ3n) is 5.18. The van der Waals surface area contributed by atoms with E-state index in [2.05, 4.69) is 10.2 Å². The van der Waals surface area contributed by atoms with Crippen molar-refractivity contribution >= 4 is 5.91 Å². The van der Waals surface area contributed by atoms with Gasteiger partial charge < -0.3 is 19.9 Å². The van der Waals surface area contributed by atoms with Crippen molar-refractivity contribution in [3.05, 3.63) is 23.8 Å². The smallest absolute Gasteiger partial charge is 0.237 e. The fraction of sp³-hybridized carbons (Fsp3) is 0.650. The number of aliphatic hydroxyl groups excluding tert-OH is 1. The molecule has 1 aromatic carbocycles. The van der Waals surface area contributed by atoms with Crippen LogP contribution in [0.4, 0.5) is 0 Å². The molecule has 6 heteroatoms. The van der Waals surface area contributed by atoms with Crippen LogP contribution in [-0.4, -0.2) is 62.4 Å². The molecule has 0 aromatic heterocycles. The second kappa shape index (κ2) is 10.4. The van der Waals surface area contributed by atoms with Crippen molar-refractivity contribution in [2.45, 2.75) is 38.6 Å². The number of carbonyl (C=O) groups is 1. The molecule has 1 aromatic rings. The van der Waals surface area contributed by atoms with Crippen LogP contribution in [0.5, 0.6) is 11.5 Å². The highest BCUT2D eigenvalue weighted by Gasteiger charge is 2.26. The van der Waals surface area contributed by atoms with Crippen LogP contribution in [0, 0.1) is 5.92 Å². The van der Waals surface area contributed by atoms with Crippen LogP contribution in [0.25, 0.3) is 0 Å². The van der Waals surface area contributed by atoms with Gasteiger partial charge in [0.15, 0.2) is 11.5 Å². The Balaban J connectivity index is 1.80. The molecule has 2 N–H and O–H groups in total. The van der Waals surface area contributed by atoms with E-state index in [1.54, 1.807) is 14.2 Å². The summed E-state index contributed by atoms with van der Waals surface area (Å²) < 4.78 is 10.6. The molecule has 1 fully saturated rings. The summed E-state index contributed by atoms with van der Waals surface area (Å²) in [5.41, 5.74) is 1.09. The van der Waals surface area contributed by atoms with E-state index in [1.165, 1.54) is 0 Å². The lowest BCUT2D eigenvalue weighted by Gasteiger charge is -2.36. The highest BCUT2D eigenvalue weighted by molar-refractivity contribution is 5.81. The molecule has 2 atom stereocenters. The van der Waals surface area contributed by atoms with Crippen LogP contribution in [0.1, 0.15) is 31.7 Å². The van der Waals surface area contributed by atoms with Gasteiger partial charge in [-0.15, -0.1) is 0 Å². The van der Waals surface area contributed by atoms with Crippen LogP contribution in [0.2, 0.25) is 0 Å². The standard InChI is InChI=1S/C20H32N2O4/c1-15(22-11-4-5-17(14-22)9-12-23)20(24)21-10-8-16-6-7-18(25-2)19(13-16)26-3/h6-7,13,15,17,23H,4-5,8-12,14H2,1-3H3,(H,21,24). The molecular weight excluding hydrogens is 332 g/mol. The predicted molar refractivity (Wildman–Crippen MR) is 102 cm³/mol. The van der Waals surface area contributed by atoms with Gasteiger partial charge in [0.2, 0.25) is 5.91 Å². The van der Waals surface area contributed by atoms with E-state index >= 15 is 0 Å². The van der Waals surface area contributed by atoms with Crippen molar-refractivity contribution in [1.82, 2.24) is 10.2 Å². The maximum Gasteiger partial charge on any atom is 0.237 e. The molecule has 0 spiro atoms. The maximum atomic E-state index is 12.5. The van der Waals surface area contributed by atoms with Gasteiger partial charge in [0.05, 0.1) is 20.3 Å². The molecule has 0 saturated carbocycles. The average molecular weight is 364 g/mol. The largest absolute Gasteiger partial charge is 0.493 e. The molecule has 6 nitrogen and oxygen atoms in total. The van der Waals surface area contributed by atoms with Crippen molar-refractivity contribution in [2.24, 2.45) is 5.92 Å². The molecule has 2 unspecified atom stereocenters. The van der Waals surface area contributed by atoms with Gasteiger partial charge in [-0.2, -0.15) is 0 Å². The monoisotopic (exact) mass is 364 g/mol. The van der Waals surface area contributed by atoms with E-state index in [1.807, 2.05) is 25.1 Å². The zero-order chi connectivity index (χ0) is 18.9. The van der Waals surface area contributed by atoms with Gasteiger partial charge in [0, 0.05) is 19.7 Å². The molecule has 1 heterocycles. The molecule has 0 radical (unpaired) electrons. The zero-order valence-electron chi connectivity index (χ0n) is 16.2. The van der Waals surface area contributed by atoms with Crippen molar-refractivity contribution < 1.29 is 19.4 Å². The highest BCUT2D eigenvalue weighted by Crippen LogP contribution is 2.27. The van der Waals surface area contributed by atoms with Crippen LogP contribution < -0.4 is 14.8 Å². The zero-order valence-corrected chi connectivity index (χ0v) is 16.2. The predicted octanol–water partition coefficient (Wildman–Crippen LogP) is 1.85. The lowest BCUT2D eigenvalue weighted by molar-refractivity contribution is -0.126. The fourth-order valence-electron chi connectivity index (χ4n) is 3.55. The first-order chi connectivity index (χ1) is 12.6. The summed E-state index contributed by atoms with van der Waals surface area (Å²) in [6.07, 6.45) is 3.80. The molecule has 146 valence electrons. The molecule has 1 aliphatic rings. The second-order valence-electron chi connectivity index (χ2n) is 6.92. The first kappa shape index (κ1) is 20.5. The lowest BCUT2D eigenvalue weighted by Crippen LogP contribution is -2.49. The number of piperidine rings is 1. The number of benzene rings is 1. The SMILES string of the molecule is COc1ccc(CCNC(=O)C(C)N2CCCC(CCO)C2)cc1OC. The number of methoxy groups -OCH3 is 2. The first-order valence-electron chi connectivity index (χ1n) is 9.42. The number of hydrogen-bond acceptors (Lipinski definition) is 5. The maximum absolute atomic E-state index is 12.5. The summed E-state index contributed by atoms with van der Waals surface area (Å²) >= 11 is 0. The molecule has 26 heavy (non-hydrogen) atoms. The fourth-order valence-corrected chi connectivity index (χ4v) is 3.55. The van der Waals surface area contributed by atoms with Crippen molar-refractivity contribution in [2.75, 3.05) is 40.5 Å². The molecule has 1 amide bonds. The Kier molecular flexibility index (Phi) is 8.19. The number of nitrogens with one attached hydrogen (secondary N) is 1. The lowest BCUT2D eigenvalue weighted by atomic mass is 9.94. The van der Waals surface area contributed by atoms with E-state index in [9.17, 15) is 4.79 Å². The van der Waals surface area contributed by atoms with Crippen LogP contribution in [0.15, 0.2) is 18.2 Å². The average Bonchev–Trinajstić information content (AvgIpc) is 2.67. The number of rotatable bonds is 9. The molecule has 1 saturated heterocycles. The van der Waals surface area contributed by atoms with E-state index < -0.39 is 0 Å². The number of nitrogens with zero attached hydrogens (tertiary/aromatic N) is 1. The molecular formula is C20H32N2O4. The Morgan fingerprint density at radius 3 is 2.81 bits per heavy atom. The Hall–Kier alpha value is -1.79. The van der Waals surface area contributed by atoms with Crippen LogP contribution in [-0.2, 0) is 11.2 Å². The third-order valence-corrected chi connectivity index (χ3v) is 5.18. The van der Waals surface area contributed by atoms with Gasteiger partial charge in [0.25, 0.3) is 0 Å². The number of aliphatic hydroxyl groups is 1. The third kappa shape index (κ3) is 5.61. The summed E-state index contributed by atoms with van der Waals surface area (Å²) in [6.45, 7) is 4.63. The van der Waals surface area contributed by atoms with Crippen molar-refractivity contribution in [1.29, 1.82) is 0 Å². The number of carbonyl (C=O) groups excluding carboxylic acids is 1. The number of amides is 1. The number of ether oxygens (including phenoxy) is 2. The minimum absolute atomic E-state index is 0.0649. The van der Waals surface area contributed by atoms with Crippen LogP contribution >= 0.6 is 0 Å². The van der Waals surface area contributed by atoms with Gasteiger partial charge in [-0.25, -0.2) is 0 Å². The van der Waals surface area contributed by atoms with Crippen molar-refractivity contribution in [3.8, 4) is 11.5 Å². The molecule has 0 aliphatic carbocycles. The Bertz CT molecular complexity index is 577. The summed E-state index contributed by atoms with van der Waals surface area (Å²) in [6, 6.07) is 5.68. The summed E-state index contributed by atoms with van der Waals surface area (Å²) in [4.78, 5) is 14.7. The summed E-state index contributed by atoms with van der Waals surface area (Å²) in [5.74, 6) is 1.97. The second-order valence-corrected chi connectivity index (χ2v) is 6.92. The Morgan fingerprint density at radius 2 is 2.12 bits per heavy atom. The summed E-state index contributed by atoms with van der Waals surface area (Å²) in [5, 5.41) is 12.2. The summed E-state index contributed by atoms with van der Waals surface area (Å²) in [7, 11) is 3.23. The number of likely N-dealkylation sites (tertiary alicyclic amines) is 1. The van der Waals surface area contributed by atoms with Gasteiger partial charge >= 0.3 is 0 Å². The van der Waals surface area contributed by atoms with Crippen LogP contribution in [0.3, 0.4) is 0 Å². The van der Waals surface area contributed by atoms with E-state index in [0.717, 1.165) is 44.3 Å². The highest BCUT2D eigenvalue weighted by atomic mass is 16.5. The van der Waals surface area contributed by atoms with Gasteiger partial charge in [-0.05, 0) is 62.8 Å². The van der Waals surface area contributed by atoms with Gasteiger partial charge in [0.1, 0.15) is 0 Å². The molecule has 1 aliphatic heterocycles. The topological polar surface area (TPSA) is 71.0 Å². The normalized spacial score (nSPS) is 19.0. The van der Waals surface area contributed by atoms with Gasteiger partial charge in [-0.3, -0.25) is 9.69 Å². The van der Waals surface area contributed by atoms with E-state index in [0.29, 0.717) is 24.0 Å². The molecule has 2 rings (SSSR count). The van der Waals surface area contributed by atoms with E-state index in [-0.39, 0.29) is 18.6 Å². The minimum atomic E-state index is -0.137. The first-order valence-corrected chi connectivity index (χ1v) is 9.42. The minimum Gasteiger partial charge on any atom is -0.493 e. The Morgan fingerprint density at radius 1 is 1.35 bits per heavy atom. The van der Waals surface area contributed by atoms with E-state index in [4.69, 9.17) is 14.6 Å².